The van der Waals surface area contributed by atoms with Gasteiger partial charge in [0.15, 0.2) is 5.96 Å². The second-order valence-electron chi connectivity index (χ2n) is 5.72. The van der Waals surface area contributed by atoms with E-state index >= 15 is 0 Å². The van der Waals surface area contributed by atoms with Crippen molar-refractivity contribution >= 4 is 17.7 Å². The molecule has 0 aromatic heterocycles. The average Bonchev–Trinajstić information content (AvgIpc) is 2.97. The highest BCUT2D eigenvalue weighted by molar-refractivity contribution is 7.99. The van der Waals surface area contributed by atoms with Gasteiger partial charge in [-0.15, -0.1) is 0 Å². The van der Waals surface area contributed by atoms with Crippen LogP contribution in [0.3, 0.4) is 0 Å². The molecule has 0 aliphatic heterocycles. The van der Waals surface area contributed by atoms with E-state index in [1.807, 2.05) is 11.8 Å². The number of nitrogens with one attached hydrogen (secondary N) is 2. The van der Waals surface area contributed by atoms with Crippen LogP contribution in [0, 0.1) is 11.6 Å². The Morgan fingerprint density at radius 3 is 2.91 bits per heavy atom. The maximum absolute atomic E-state index is 13.6. The number of aliphatic imine (C=N–C) groups is 1. The maximum atomic E-state index is 13.6. The summed E-state index contributed by atoms with van der Waals surface area (Å²) in [6.07, 6.45) is 3.96. The first-order valence-corrected chi connectivity index (χ1v) is 9.20. The predicted molar refractivity (Wildman–Crippen MR) is 94.1 cm³/mol. The van der Waals surface area contributed by atoms with Crippen LogP contribution in [0.5, 0.6) is 0 Å². The first-order valence-electron chi connectivity index (χ1n) is 8.15. The molecule has 2 N–H and O–H groups in total. The zero-order valence-corrected chi connectivity index (χ0v) is 14.6. The summed E-state index contributed by atoms with van der Waals surface area (Å²) >= 11 is 2.02. The van der Waals surface area contributed by atoms with E-state index in [2.05, 4.69) is 22.5 Å². The molecule has 0 amide bonds. The van der Waals surface area contributed by atoms with Crippen LogP contribution in [0.2, 0.25) is 0 Å². The molecular weight excluding hydrogens is 316 g/mol. The molecule has 1 aliphatic rings. The fourth-order valence-electron chi connectivity index (χ4n) is 2.90. The van der Waals surface area contributed by atoms with Gasteiger partial charge in [0.05, 0.1) is 0 Å². The van der Waals surface area contributed by atoms with Gasteiger partial charge in [0, 0.05) is 24.9 Å². The molecule has 1 aromatic rings. The standard InChI is InChI=1S/C17H25F2N3S/c1-3-23-15-6-5-14(11-15)22-17(20-2)21-9-8-12-10-13(18)4-7-16(12)19/h4,7,10,14-15H,3,5-6,8-9,11H2,1-2H3,(H2,20,21,22). The number of rotatable bonds is 6. The molecule has 1 aliphatic carbocycles. The number of hydrogen-bond acceptors (Lipinski definition) is 2. The third-order valence-corrected chi connectivity index (χ3v) is 5.28. The maximum Gasteiger partial charge on any atom is 0.191 e. The van der Waals surface area contributed by atoms with E-state index < -0.39 is 5.82 Å². The van der Waals surface area contributed by atoms with Crippen LogP contribution in [0.1, 0.15) is 31.7 Å². The van der Waals surface area contributed by atoms with E-state index in [4.69, 9.17) is 0 Å². The monoisotopic (exact) mass is 341 g/mol. The van der Waals surface area contributed by atoms with Crippen molar-refractivity contribution in [2.75, 3.05) is 19.3 Å². The van der Waals surface area contributed by atoms with Gasteiger partial charge in [-0.25, -0.2) is 8.78 Å². The molecule has 1 aromatic carbocycles. The van der Waals surface area contributed by atoms with Crippen LogP contribution in [-0.2, 0) is 6.42 Å². The summed E-state index contributed by atoms with van der Waals surface area (Å²) in [5.74, 6) is 1.11. The van der Waals surface area contributed by atoms with Gasteiger partial charge in [-0.1, -0.05) is 6.92 Å². The summed E-state index contributed by atoms with van der Waals surface area (Å²) in [4.78, 5) is 4.21. The van der Waals surface area contributed by atoms with Gasteiger partial charge in [0.2, 0.25) is 0 Å². The zero-order valence-electron chi connectivity index (χ0n) is 13.7. The van der Waals surface area contributed by atoms with Crippen molar-refractivity contribution in [2.45, 2.75) is 43.9 Å². The van der Waals surface area contributed by atoms with Crippen LogP contribution in [0.25, 0.3) is 0 Å². The number of guanidine groups is 1. The molecule has 6 heteroatoms. The SMILES string of the molecule is CCSC1CCC(NC(=NC)NCCc2cc(F)ccc2F)C1. The second kappa shape index (κ2) is 9.11. The summed E-state index contributed by atoms with van der Waals surface area (Å²) in [5.41, 5.74) is 0.383. The van der Waals surface area contributed by atoms with Crippen molar-refractivity contribution in [1.82, 2.24) is 10.6 Å². The van der Waals surface area contributed by atoms with E-state index in [-0.39, 0.29) is 5.82 Å². The lowest BCUT2D eigenvalue weighted by atomic mass is 10.1. The fourth-order valence-corrected chi connectivity index (χ4v) is 4.04. The van der Waals surface area contributed by atoms with E-state index in [1.54, 1.807) is 7.05 Å². The van der Waals surface area contributed by atoms with E-state index in [0.717, 1.165) is 35.9 Å². The summed E-state index contributed by atoms with van der Waals surface area (Å²) in [5, 5.41) is 7.34. The van der Waals surface area contributed by atoms with E-state index in [9.17, 15) is 8.78 Å². The van der Waals surface area contributed by atoms with E-state index in [1.165, 1.54) is 18.6 Å². The van der Waals surface area contributed by atoms with Crippen molar-refractivity contribution in [2.24, 2.45) is 4.99 Å². The quantitative estimate of drug-likeness (QED) is 0.615. The van der Waals surface area contributed by atoms with Crippen molar-refractivity contribution in [3.05, 3.63) is 35.4 Å². The Morgan fingerprint density at radius 1 is 1.35 bits per heavy atom. The summed E-state index contributed by atoms with van der Waals surface area (Å²) in [7, 11) is 1.73. The second-order valence-corrected chi connectivity index (χ2v) is 7.29. The minimum Gasteiger partial charge on any atom is -0.356 e. The van der Waals surface area contributed by atoms with Crippen molar-refractivity contribution in [3.63, 3.8) is 0 Å². The molecule has 2 unspecified atom stereocenters. The zero-order chi connectivity index (χ0) is 16.7. The lowest BCUT2D eigenvalue weighted by Gasteiger charge is -2.17. The lowest BCUT2D eigenvalue weighted by Crippen LogP contribution is -2.43. The molecule has 0 bridgehead atoms. The van der Waals surface area contributed by atoms with Crippen molar-refractivity contribution in [3.8, 4) is 0 Å². The van der Waals surface area contributed by atoms with Gasteiger partial charge in [0.1, 0.15) is 11.6 Å². The summed E-state index contributed by atoms with van der Waals surface area (Å²) in [6.45, 7) is 2.71. The Balaban J connectivity index is 1.76. The molecule has 2 atom stereocenters. The molecule has 128 valence electrons. The van der Waals surface area contributed by atoms with Gasteiger partial charge < -0.3 is 10.6 Å². The van der Waals surface area contributed by atoms with Crippen LogP contribution in [0.15, 0.2) is 23.2 Å². The Labute approximate surface area is 141 Å². The van der Waals surface area contributed by atoms with Crippen LogP contribution in [0.4, 0.5) is 8.78 Å². The van der Waals surface area contributed by atoms with Crippen LogP contribution >= 0.6 is 11.8 Å². The van der Waals surface area contributed by atoms with Crippen molar-refractivity contribution in [1.29, 1.82) is 0 Å². The van der Waals surface area contributed by atoms with Gasteiger partial charge in [0.25, 0.3) is 0 Å². The normalized spacial score (nSPS) is 21.5. The largest absolute Gasteiger partial charge is 0.356 e. The molecule has 0 radical (unpaired) electrons. The lowest BCUT2D eigenvalue weighted by molar-refractivity contribution is 0.581. The Bertz CT molecular complexity index is 537. The van der Waals surface area contributed by atoms with Crippen LogP contribution < -0.4 is 10.6 Å². The molecule has 0 heterocycles. The molecule has 1 fully saturated rings. The molecule has 3 nitrogen and oxygen atoms in total. The van der Waals surface area contributed by atoms with Gasteiger partial charge >= 0.3 is 0 Å². The average molecular weight is 341 g/mol. The number of thioether (sulfide) groups is 1. The smallest absolute Gasteiger partial charge is 0.191 e. The molecule has 1 saturated carbocycles. The molecular formula is C17H25F2N3S. The van der Waals surface area contributed by atoms with Crippen LogP contribution in [-0.4, -0.2) is 36.6 Å². The van der Waals surface area contributed by atoms with Gasteiger partial charge in [-0.2, -0.15) is 11.8 Å². The Kier molecular flexibility index (Phi) is 7.15. The third-order valence-electron chi connectivity index (χ3n) is 4.05. The van der Waals surface area contributed by atoms with Gasteiger partial charge in [-0.05, 0) is 55.2 Å². The van der Waals surface area contributed by atoms with Crippen molar-refractivity contribution < 1.29 is 8.78 Å². The molecule has 23 heavy (non-hydrogen) atoms. The number of halogens is 2. The van der Waals surface area contributed by atoms with E-state index in [0.29, 0.717) is 24.6 Å². The highest BCUT2D eigenvalue weighted by atomic mass is 32.2. The first-order chi connectivity index (χ1) is 11.1. The highest BCUT2D eigenvalue weighted by Gasteiger charge is 2.24. The minimum absolute atomic E-state index is 0.369. The summed E-state index contributed by atoms with van der Waals surface area (Å²) < 4.78 is 26.7. The predicted octanol–water partition coefficient (Wildman–Crippen LogP) is 3.35. The Hall–Kier alpha value is -1.30. The first kappa shape index (κ1) is 18.0. The number of benzene rings is 1. The third kappa shape index (κ3) is 5.68. The molecule has 0 saturated heterocycles. The molecule has 0 spiro atoms. The molecule has 2 rings (SSSR count). The Morgan fingerprint density at radius 2 is 2.17 bits per heavy atom. The minimum atomic E-state index is -0.408. The number of nitrogens with zero attached hydrogens (tertiary/aromatic N) is 1. The van der Waals surface area contributed by atoms with Gasteiger partial charge in [-0.3, -0.25) is 4.99 Å². The topological polar surface area (TPSA) is 36.4 Å². The highest BCUT2D eigenvalue weighted by Crippen LogP contribution is 2.29. The number of hydrogen-bond donors (Lipinski definition) is 2. The fraction of sp³-hybridized carbons (Fsp3) is 0.588. The summed E-state index contributed by atoms with van der Waals surface area (Å²) in [6, 6.07) is 3.99.